The molecule has 0 spiro atoms. The van der Waals surface area contributed by atoms with Gasteiger partial charge in [0.05, 0.1) is 0 Å². The number of carbonyl (C=O) groups is 1. The average molecular weight is 229 g/mol. The smallest absolute Gasteiger partial charge is 0.323 e. The Kier molecular flexibility index (Phi) is 6.01. The van der Waals surface area contributed by atoms with Gasteiger partial charge >= 0.3 is 5.97 Å². The molecule has 1 unspecified atom stereocenters. The quantitative estimate of drug-likeness (QED) is 0.729. The molecule has 0 saturated carbocycles. The van der Waals surface area contributed by atoms with Crippen molar-refractivity contribution >= 4 is 5.97 Å². The van der Waals surface area contributed by atoms with Gasteiger partial charge in [-0.05, 0) is 31.7 Å². The molecular weight excluding hydrogens is 202 g/mol. The van der Waals surface area contributed by atoms with Gasteiger partial charge in [-0.25, -0.2) is 0 Å². The van der Waals surface area contributed by atoms with Gasteiger partial charge < -0.3 is 5.11 Å². The monoisotopic (exact) mass is 229 g/mol. The fraction of sp³-hybridized carbons (Fsp3) is 0.923. The van der Waals surface area contributed by atoms with E-state index in [4.69, 9.17) is 0 Å². The molecule has 3 nitrogen and oxygen atoms in total. The maximum Gasteiger partial charge on any atom is 0.323 e. The summed E-state index contributed by atoms with van der Waals surface area (Å²) in [6, 6.07) is 0. The first kappa shape index (κ1) is 15.4. The average Bonchev–Trinajstić information content (AvgIpc) is 2.12. The van der Waals surface area contributed by atoms with Gasteiger partial charge in [0, 0.05) is 6.54 Å². The Labute approximate surface area is 99.8 Å². The minimum Gasteiger partial charge on any atom is -0.480 e. The van der Waals surface area contributed by atoms with Crippen LogP contribution in [0.4, 0.5) is 0 Å². The summed E-state index contributed by atoms with van der Waals surface area (Å²) in [5.74, 6) is 0.178. The molecule has 0 radical (unpaired) electrons. The highest BCUT2D eigenvalue weighted by Gasteiger charge is 2.39. The standard InChI is InChI=1S/C13H27NO2/c1-7-14(9-11(4)5)13(6,12(15)16)8-10(2)3/h10-11H,7-9H2,1-6H3,(H,15,16). The molecule has 0 amide bonds. The van der Waals surface area contributed by atoms with Gasteiger partial charge in [-0.1, -0.05) is 34.6 Å². The predicted molar refractivity (Wildman–Crippen MR) is 67.6 cm³/mol. The third-order valence-electron chi connectivity index (χ3n) is 2.93. The zero-order chi connectivity index (χ0) is 12.9. The van der Waals surface area contributed by atoms with Crippen LogP contribution >= 0.6 is 0 Å². The third kappa shape index (κ3) is 4.12. The second kappa shape index (κ2) is 6.24. The van der Waals surface area contributed by atoms with E-state index in [0.29, 0.717) is 18.3 Å². The number of hydrogen-bond donors (Lipinski definition) is 1. The zero-order valence-corrected chi connectivity index (χ0v) is 11.6. The highest BCUT2D eigenvalue weighted by molar-refractivity contribution is 5.78. The molecule has 16 heavy (non-hydrogen) atoms. The van der Waals surface area contributed by atoms with E-state index in [-0.39, 0.29) is 0 Å². The second-order valence-electron chi connectivity index (χ2n) is 5.61. The molecule has 0 aromatic carbocycles. The summed E-state index contributed by atoms with van der Waals surface area (Å²) in [7, 11) is 0. The normalized spacial score (nSPS) is 15.8. The van der Waals surface area contributed by atoms with Crippen LogP contribution in [0.15, 0.2) is 0 Å². The van der Waals surface area contributed by atoms with Gasteiger partial charge in [-0.15, -0.1) is 0 Å². The summed E-state index contributed by atoms with van der Waals surface area (Å²) < 4.78 is 0. The molecule has 0 aliphatic rings. The maximum absolute atomic E-state index is 11.5. The van der Waals surface area contributed by atoms with Gasteiger partial charge in [-0.2, -0.15) is 0 Å². The molecule has 0 heterocycles. The largest absolute Gasteiger partial charge is 0.480 e. The van der Waals surface area contributed by atoms with E-state index in [1.54, 1.807) is 0 Å². The van der Waals surface area contributed by atoms with Crippen LogP contribution in [0, 0.1) is 11.8 Å². The third-order valence-corrected chi connectivity index (χ3v) is 2.93. The van der Waals surface area contributed by atoms with Crippen LogP contribution in [0.2, 0.25) is 0 Å². The zero-order valence-electron chi connectivity index (χ0n) is 11.6. The minimum absolute atomic E-state index is 0.391. The number of rotatable bonds is 7. The molecule has 0 aromatic heterocycles. The van der Waals surface area contributed by atoms with Crippen LogP contribution in [-0.2, 0) is 4.79 Å². The van der Waals surface area contributed by atoms with Gasteiger partial charge in [0.15, 0.2) is 0 Å². The van der Waals surface area contributed by atoms with Gasteiger partial charge in [0.1, 0.15) is 5.54 Å². The molecule has 1 atom stereocenters. The van der Waals surface area contributed by atoms with Crippen LogP contribution in [0.1, 0.15) is 48.0 Å². The molecule has 0 aliphatic carbocycles. The van der Waals surface area contributed by atoms with Crippen molar-refractivity contribution in [1.29, 1.82) is 0 Å². The van der Waals surface area contributed by atoms with Crippen LogP contribution in [0.25, 0.3) is 0 Å². The molecule has 0 aromatic rings. The first-order valence-corrected chi connectivity index (χ1v) is 6.22. The van der Waals surface area contributed by atoms with E-state index < -0.39 is 11.5 Å². The first-order valence-electron chi connectivity index (χ1n) is 6.22. The molecular formula is C13H27NO2. The maximum atomic E-state index is 11.5. The van der Waals surface area contributed by atoms with Crippen molar-refractivity contribution in [2.24, 2.45) is 11.8 Å². The van der Waals surface area contributed by atoms with Crippen molar-refractivity contribution in [1.82, 2.24) is 4.90 Å². The van der Waals surface area contributed by atoms with E-state index in [1.807, 2.05) is 13.8 Å². The number of aliphatic carboxylic acids is 1. The van der Waals surface area contributed by atoms with E-state index in [0.717, 1.165) is 13.1 Å². The van der Waals surface area contributed by atoms with Gasteiger partial charge in [0.2, 0.25) is 0 Å². The number of nitrogens with zero attached hydrogens (tertiary/aromatic N) is 1. The van der Waals surface area contributed by atoms with E-state index in [1.165, 1.54) is 0 Å². The van der Waals surface area contributed by atoms with Crippen molar-refractivity contribution in [2.45, 2.75) is 53.5 Å². The van der Waals surface area contributed by atoms with Crippen LogP contribution in [0.3, 0.4) is 0 Å². The van der Waals surface area contributed by atoms with Crippen molar-refractivity contribution in [2.75, 3.05) is 13.1 Å². The Morgan fingerprint density at radius 1 is 1.25 bits per heavy atom. The van der Waals surface area contributed by atoms with Crippen molar-refractivity contribution in [3.05, 3.63) is 0 Å². The van der Waals surface area contributed by atoms with Crippen molar-refractivity contribution in [3.63, 3.8) is 0 Å². The lowest BCUT2D eigenvalue weighted by molar-refractivity contribution is -0.152. The molecule has 1 N–H and O–H groups in total. The van der Waals surface area contributed by atoms with E-state index in [2.05, 4.69) is 32.6 Å². The number of carboxylic acid groups (broad SMARTS) is 1. The van der Waals surface area contributed by atoms with Crippen LogP contribution < -0.4 is 0 Å². The van der Waals surface area contributed by atoms with E-state index >= 15 is 0 Å². The second-order valence-corrected chi connectivity index (χ2v) is 5.61. The molecule has 0 saturated heterocycles. The number of carboxylic acids is 1. The Morgan fingerprint density at radius 2 is 1.75 bits per heavy atom. The lowest BCUT2D eigenvalue weighted by atomic mass is 9.88. The summed E-state index contributed by atoms with van der Waals surface area (Å²) in [6.45, 7) is 13.9. The molecule has 0 aliphatic heterocycles. The van der Waals surface area contributed by atoms with E-state index in [9.17, 15) is 9.90 Å². The summed E-state index contributed by atoms with van der Waals surface area (Å²) in [5, 5.41) is 9.45. The molecule has 0 fully saturated rings. The fourth-order valence-corrected chi connectivity index (χ4v) is 2.27. The lowest BCUT2D eigenvalue weighted by Gasteiger charge is -2.39. The topological polar surface area (TPSA) is 40.5 Å². The van der Waals surface area contributed by atoms with Gasteiger partial charge in [0.25, 0.3) is 0 Å². The molecule has 0 bridgehead atoms. The first-order chi connectivity index (χ1) is 7.24. The molecule has 3 heteroatoms. The Hall–Kier alpha value is -0.570. The number of hydrogen-bond acceptors (Lipinski definition) is 2. The molecule has 96 valence electrons. The van der Waals surface area contributed by atoms with Crippen LogP contribution in [-0.4, -0.2) is 34.6 Å². The summed E-state index contributed by atoms with van der Waals surface area (Å²) in [6.07, 6.45) is 0.697. The highest BCUT2D eigenvalue weighted by Crippen LogP contribution is 2.25. The lowest BCUT2D eigenvalue weighted by Crippen LogP contribution is -2.54. The Bertz CT molecular complexity index is 226. The Morgan fingerprint density at radius 3 is 2.00 bits per heavy atom. The fourth-order valence-electron chi connectivity index (χ4n) is 2.27. The predicted octanol–water partition coefficient (Wildman–Crippen LogP) is 2.85. The highest BCUT2D eigenvalue weighted by atomic mass is 16.4. The SMILES string of the molecule is CCN(CC(C)C)C(C)(CC(C)C)C(=O)O. The minimum atomic E-state index is -0.729. The summed E-state index contributed by atoms with van der Waals surface area (Å²) >= 11 is 0. The summed E-state index contributed by atoms with van der Waals surface area (Å²) in [4.78, 5) is 13.6. The van der Waals surface area contributed by atoms with Gasteiger partial charge in [-0.3, -0.25) is 9.69 Å². The van der Waals surface area contributed by atoms with Crippen molar-refractivity contribution < 1.29 is 9.90 Å². The molecule has 0 rings (SSSR count). The number of likely N-dealkylation sites (N-methyl/N-ethyl adjacent to an activating group) is 1. The van der Waals surface area contributed by atoms with Crippen LogP contribution in [0.5, 0.6) is 0 Å². The van der Waals surface area contributed by atoms with Crippen molar-refractivity contribution in [3.8, 4) is 0 Å². The Balaban J connectivity index is 4.90. The summed E-state index contributed by atoms with van der Waals surface area (Å²) in [5.41, 5.74) is -0.729.